The molecule has 2 aromatic heterocycles. The fraction of sp³-hybridized carbons (Fsp3) is 0.500. The molecule has 0 radical (unpaired) electrons. The number of rotatable bonds is 6. The van der Waals surface area contributed by atoms with Gasteiger partial charge < -0.3 is 28.7 Å². The van der Waals surface area contributed by atoms with Crippen molar-refractivity contribution >= 4 is 22.8 Å². The number of fused-ring (bicyclic) bond motifs is 2. The van der Waals surface area contributed by atoms with Crippen LogP contribution in [0.3, 0.4) is 0 Å². The van der Waals surface area contributed by atoms with Crippen molar-refractivity contribution in [2.24, 2.45) is 7.05 Å². The number of benzene rings is 1. The number of hydrogen-bond acceptors (Lipinski definition) is 7. The lowest BCUT2D eigenvalue weighted by atomic mass is 9.93. The van der Waals surface area contributed by atoms with E-state index >= 15 is 0 Å². The molecule has 3 aliphatic heterocycles. The lowest BCUT2D eigenvalue weighted by molar-refractivity contribution is -0.126. The van der Waals surface area contributed by atoms with Crippen LogP contribution in [0.5, 0.6) is 6.01 Å². The number of carbonyl (C=O) groups is 1. The molecule has 0 N–H and O–H groups in total. The summed E-state index contributed by atoms with van der Waals surface area (Å²) in [4.78, 5) is 28.7. The van der Waals surface area contributed by atoms with Crippen molar-refractivity contribution in [1.29, 1.82) is 0 Å². The molecule has 206 valence electrons. The number of aryl methyl sites for hydroxylation is 2. The summed E-state index contributed by atoms with van der Waals surface area (Å²) in [5, 5.41) is 1.05. The molecule has 2 saturated heterocycles. The van der Waals surface area contributed by atoms with Crippen LogP contribution in [0, 0.1) is 6.92 Å². The van der Waals surface area contributed by atoms with Crippen molar-refractivity contribution < 1.29 is 14.3 Å². The minimum Gasteiger partial charge on any atom is -0.462 e. The number of likely N-dealkylation sites (N-methyl/N-ethyl adjacent to an activating group) is 1. The molecule has 5 heterocycles. The highest BCUT2D eigenvalue weighted by Gasteiger charge is 2.29. The Labute approximate surface area is 230 Å². The molecule has 1 aromatic carbocycles. The van der Waals surface area contributed by atoms with Gasteiger partial charge >= 0.3 is 6.01 Å². The average Bonchev–Trinajstić information content (AvgIpc) is 3.50. The summed E-state index contributed by atoms with van der Waals surface area (Å²) in [7, 11) is 4.24. The van der Waals surface area contributed by atoms with Crippen LogP contribution in [0.2, 0.25) is 0 Å². The summed E-state index contributed by atoms with van der Waals surface area (Å²) in [6, 6.07) is 7.29. The third-order valence-electron chi connectivity index (χ3n) is 8.66. The van der Waals surface area contributed by atoms with Crippen LogP contribution < -0.4 is 9.64 Å². The van der Waals surface area contributed by atoms with Gasteiger partial charge in [-0.05, 0) is 62.5 Å². The quantitative estimate of drug-likeness (QED) is 0.453. The molecule has 9 heteroatoms. The topological polar surface area (TPSA) is 76.0 Å². The summed E-state index contributed by atoms with van der Waals surface area (Å²) in [5.41, 5.74) is 7.03. The van der Waals surface area contributed by atoms with Gasteiger partial charge in [-0.25, -0.2) is 0 Å². The number of amides is 1. The fourth-order valence-corrected chi connectivity index (χ4v) is 6.42. The molecule has 39 heavy (non-hydrogen) atoms. The Morgan fingerprint density at radius 3 is 2.74 bits per heavy atom. The van der Waals surface area contributed by atoms with Crippen LogP contribution in [0.1, 0.15) is 29.5 Å². The SMILES string of the molecule is C=CC(=O)N1CCN(c2nc(OC[C@@H]3CCCN3C)nc3c2c(C)c(-c2cccc4c2CCOC4)n3C)CC1. The summed E-state index contributed by atoms with van der Waals surface area (Å²) in [6.07, 6.45) is 4.61. The number of piperazine rings is 1. The molecule has 0 bridgehead atoms. The van der Waals surface area contributed by atoms with E-state index in [1.54, 1.807) is 0 Å². The second kappa shape index (κ2) is 10.6. The van der Waals surface area contributed by atoms with Crippen LogP contribution in [0.25, 0.3) is 22.3 Å². The van der Waals surface area contributed by atoms with Crippen LogP contribution in [-0.2, 0) is 29.6 Å². The van der Waals surface area contributed by atoms with E-state index in [9.17, 15) is 4.79 Å². The van der Waals surface area contributed by atoms with Gasteiger partial charge in [-0.2, -0.15) is 9.97 Å². The lowest BCUT2D eigenvalue weighted by Gasteiger charge is -2.35. The molecule has 0 aliphatic carbocycles. The Morgan fingerprint density at radius 2 is 2.00 bits per heavy atom. The predicted molar refractivity (Wildman–Crippen MR) is 152 cm³/mol. The number of aromatic nitrogens is 3. The maximum absolute atomic E-state index is 12.2. The first-order valence-electron chi connectivity index (χ1n) is 14.0. The smallest absolute Gasteiger partial charge is 0.320 e. The van der Waals surface area contributed by atoms with Gasteiger partial charge in [0.15, 0.2) is 0 Å². The van der Waals surface area contributed by atoms with Gasteiger partial charge in [0.05, 0.1) is 24.3 Å². The maximum atomic E-state index is 12.2. The van der Waals surface area contributed by atoms with E-state index in [1.807, 2.05) is 4.90 Å². The standard InChI is InChI=1S/C30H38N6O3/c1-5-25(37)35-13-15-36(16-14-35)29-26-20(2)27(24-10-6-8-21-18-38-17-11-23(21)24)34(4)28(26)31-30(32-29)39-19-22-9-7-12-33(22)3/h5-6,8,10,22H,1,7,9,11-19H2,2-4H3/t22-/m0/s1. The van der Waals surface area contributed by atoms with Crippen LogP contribution in [0.15, 0.2) is 30.9 Å². The zero-order valence-electron chi connectivity index (χ0n) is 23.3. The van der Waals surface area contributed by atoms with Crippen LogP contribution in [0.4, 0.5) is 5.82 Å². The van der Waals surface area contributed by atoms with Gasteiger partial charge in [0.2, 0.25) is 5.91 Å². The Balaban J connectivity index is 1.43. The Morgan fingerprint density at radius 1 is 1.18 bits per heavy atom. The van der Waals surface area contributed by atoms with Gasteiger partial charge in [-0.15, -0.1) is 0 Å². The lowest BCUT2D eigenvalue weighted by Crippen LogP contribution is -2.48. The van der Waals surface area contributed by atoms with Gasteiger partial charge in [0.1, 0.15) is 18.1 Å². The maximum Gasteiger partial charge on any atom is 0.320 e. The van der Waals surface area contributed by atoms with Crippen molar-refractivity contribution in [1.82, 2.24) is 24.3 Å². The molecule has 2 fully saturated rings. The van der Waals surface area contributed by atoms with Crippen molar-refractivity contribution in [2.45, 2.75) is 38.8 Å². The highest BCUT2D eigenvalue weighted by atomic mass is 16.5. The summed E-state index contributed by atoms with van der Waals surface area (Å²) in [6.45, 7) is 11.5. The molecule has 0 saturated carbocycles. The first-order valence-corrected chi connectivity index (χ1v) is 14.0. The predicted octanol–water partition coefficient (Wildman–Crippen LogP) is 3.32. The third-order valence-corrected chi connectivity index (χ3v) is 8.66. The van der Waals surface area contributed by atoms with Crippen molar-refractivity contribution in [3.63, 3.8) is 0 Å². The fourth-order valence-electron chi connectivity index (χ4n) is 6.42. The second-order valence-electron chi connectivity index (χ2n) is 10.9. The monoisotopic (exact) mass is 530 g/mol. The minimum absolute atomic E-state index is 0.0248. The molecule has 1 amide bonds. The molecule has 0 spiro atoms. The number of likely N-dealkylation sites (tertiary alicyclic amines) is 1. The molecule has 1 atom stereocenters. The highest BCUT2D eigenvalue weighted by Crippen LogP contribution is 2.40. The number of nitrogens with zero attached hydrogens (tertiary/aromatic N) is 6. The number of ether oxygens (including phenoxy) is 2. The largest absolute Gasteiger partial charge is 0.462 e. The van der Waals surface area contributed by atoms with Gasteiger partial charge in [-0.1, -0.05) is 24.8 Å². The molecule has 9 nitrogen and oxygen atoms in total. The molecule has 0 unspecified atom stereocenters. The van der Waals surface area contributed by atoms with Crippen molar-refractivity contribution in [2.75, 3.05) is 57.9 Å². The summed E-state index contributed by atoms with van der Waals surface area (Å²) in [5.74, 6) is 0.858. The highest BCUT2D eigenvalue weighted by molar-refractivity contribution is 5.98. The zero-order valence-corrected chi connectivity index (χ0v) is 23.3. The normalized spacial score (nSPS) is 19.9. The Hall–Kier alpha value is -3.43. The Bertz CT molecular complexity index is 1410. The minimum atomic E-state index is -0.0248. The van der Waals surface area contributed by atoms with E-state index < -0.39 is 0 Å². The number of carbonyl (C=O) groups excluding carboxylic acids is 1. The number of hydrogen-bond donors (Lipinski definition) is 0. The van der Waals surface area contributed by atoms with E-state index in [2.05, 4.69) is 60.2 Å². The molecular weight excluding hydrogens is 492 g/mol. The summed E-state index contributed by atoms with van der Waals surface area (Å²) < 4.78 is 14.2. The third kappa shape index (κ3) is 4.67. The average molecular weight is 531 g/mol. The van der Waals surface area contributed by atoms with Crippen LogP contribution in [-0.4, -0.2) is 89.3 Å². The van der Waals surface area contributed by atoms with Crippen LogP contribution >= 0.6 is 0 Å². The van der Waals surface area contributed by atoms with Gasteiger partial charge in [0, 0.05) is 44.8 Å². The van der Waals surface area contributed by atoms with E-state index in [0.717, 1.165) is 54.1 Å². The van der Waals surface area contributed by atoms with E-state index in [0.29, 0.717) is 51.4 Å². The molecule has 6 rings (SSSR count). The van der Waals surface area contributed by atoms with E-state index in [1.165, 1.54) is 29.2 Å². The van der Waals surface area contributed by atoms with Gasteiger partial charge in [-0.3, -0.25) is 4.79 Å². The van der Waals surface area contributed by atoms with E-state index in [4.69, 9.17) is 19.4 Å². The first-order chi connectivity index (χ1) is 19.0. The molecule has 3 aliphatic rings. The van der Waals surface area contributed by atoms with Gasteiger partial charge in [0.25, 0.3) is 0 Å². The van der Waals surface area contributed by atoms with Crippen molar-refractivity contribution in [3.05, 3.63) is 47.5 Å². The Kier molecular flexibility index (Phi) is 7.03. The second-order valence-corrected chi connectivity index (χ2v) is 10.9. The zero-order chi connectivity index (χ0) is 27.1. The first kappa shape index (κ1) is 25.8. The molecule has 3 aromatic rings. The number of anilines is 1. The molecular formula is C30H38N6O3. The van der Waals surface area contributed by atoms with E-state index in [-0.39, 0.29) is 5.91 Å². The van der Waals surface area contributed by atoms with Crippen molar-refractivity contribution in [3.8, 4) is 17.3 Å². The summed E-state index contributed by atoms with van der Waals surface area (Å²) >= 11 is 0.